The van der Waals surface area contributed by atoms with Gasteiger partial charge in [0, 0.05) is 17.8 Å². The van der Waals surface area contributed by atoms with E-state index < -0.39 is 5.91 Å². The smallest absolute Gasteiger partial charge is 0.334 e. The maximum atomic E-state index is 11.1. The first-order valence-electron chi connectivity index (χ1n) is 7.20. The maximum Gasteiger partial charge on any atom is 0.334 e. The first kappa shape index (κ1) is 14.8. The van der Waals surface area contributed by atoms with Crippen molar-refractivity contribution in [2.75, 3.05) is 6.61 Å². The molecule has 0 atom stereocenters. The highest BCUT2D eigenvalue weighted by Gasteiger charge is 2.06. The molecule has 5 heteroatoms. The Hall–Kier alpha value is -3.08. The predicted molar refractivity (Wildman–Crippen MR) is 87.5 cm³/mol. The minimum atomic E-state index is -0.857. The van der Waals surface area contributed by atoms with E-state index in [2.05, 4.69) is 16.2 Å². The van der Waals surface area contributed by atoms with Gasteiger partial charge in [-0.2, -0.15) is 0 Å². The van der Waals surface area contributed by atoms with Crippen molar-refractivity contribution in [3.05, 3.63) is 77.0 Å². The maximum absolute atomic E-state index is 11.1. The molecule has 1 amide bonds. The molecular weight excluding hydrogens is 292 g/mol. The normalized spacial score (nSPS) is 10.4. The lowest BCUT2D eigenvalue weighted by Gasteiger charge is -2.07. The molecule has 0 saturated carbocycles. The summed E-state index contributed by atoms with van der Waals surface area (Å²) in [7, 11) is 0. The third-order valence-corrected chi connectivity index (χ3v) is 3.51. The summed E-state index contributed by atoms with van der Waals surface area (Å²) >= 11 is 0. The minimum Gasteiger partial charge on any atom is -0.493 e. The molecule has 5 nitrogen and oxygen atoms in total. The quantitative estimate of drug-likeness (QED) is 0.673. The van der Waals surface area contributed by atoms with Gasteiger partial charge in [-0.25, -0.2) is 0 Å². The van der Waals surface area contributed by atoms with Crippen LogP contribution in [0.15, 0.2) is 66.0 Å². The SMILES string of the molecule is O=NC(=O)c1ccc(CCOc2ccc3ccccc3c2)cn1. The van der Waals surface area contributed by atoms with E-state index in [-0.39, 0.29) is 5.69 Å². The van der Waals surface area contributed by atoms with E-state index in [4.69, 9.17) is 4.74 Å². The van der Waals surface area contributed by atoms with Gasteiger partial charge in [0.2, 0.25) is 0 Å². The third kappa shape index (κ3) is 3.58. The molecule has 2 aromatic carbocycles. The van der Waals surface area contributed by atoms with Crippen molar-refractivity contribution >= 4 is 16.7 Å². The lowest BCUT2D eigenvalue weighted by atomic mass is 10.1. The van der Waals surface area contributed by atoms with E-state index in [0.717, 1.165) is 16.7 Å². The zero-order valence-corrected chi connectivity index (χ0v) is 12.3. The summed E-state index contributed by atoms with van der Waals surface area (Å²) in [5.74, 6) is -0.0439. The van der Waals surface area contributed by atoms with Crippen LogP contribution in [0.4, 0.5) is 0 Å². The van der Waals surface area contributed by atoms with Gasteiger partial charge in [-0.15, -0.1) is 4.91 Å². The van der Waals surface area contributed by atoms with Crippen LogP contribution in [0.1, 0.15) is 16.1 Å². The molecular formula is C18H14N2O3. The summed E-state index contributed by atoms with van der Waals surface area (Å²) in [6.45, 7) is 0.499. The fourth-order valence-corrected chi connectivity index (χ4v) is 2.29. The number of amides is 1. The van der Waals surface area contributed by atoms with Crippen LogP contribution >= 0.6 is 0 Å². The van der Waals surface area contributed by atoms with E-state index >= 15 is 0 Å². The summed E-state index contributed by atoms with van der Waals surface area (Å²) in [5, 5.41) is 4.65. The predicted octanol–water partition coefficient (Wildman–Crippen LogP) is 3.76. The summed E-state index contributed by atoms with van der Waals surface area (Å²) < 4.78 is 5.75. The Balaban J connectivity index is 1.59. The number of fused-ring (bicyclic) bond motifs is 1. The second kappa shape index (κ2) is 6.79. The molecule has 0 aliphatic rings. The fraction of sp³-hybridized carbons (Fsp3) is 0.111. The Morgan fingerprint density at radius 3 is 2.61 bits per heavy atom. The summed E-state index contributed by atoms with van der Waals surface area (Å²) in [6, 6.07) is 17.3. The summed E-state index contributed by atoms with van der Waals surface area (Å²) in [4.78, 5) is 25.1. The molecule has 3 rings (SSSR count). The number of benzene rings is 2. The highest BCUT2D eigenvalue weighted by molar-refractivity contribution is 5.92. The zero-order valence-electron chi connectivity index (χ0n) is 12.3. The van der Waals surface area contributed by atoms with Crippen molar-refractivity contribution < 1.29 is 9.53 Å². The highest BCUT2D eigenvalue weighted by Crippen LogP contribution is 2.20. The van der Waals surface area contributed by atoms with Gasteiger partial charge in [0.1, 0.15) is 11.4 Å². The Kier molecular flexibility index (Phi) is 4.38. The van der Waals surface area contributed by atoms with Crippen molar-refractivity contribution in [3.63, 3.8) is 0 Å². The van der Waals surface area contributed by atoms with E-state index in [0.29, 0.717) is 13.0 Å². The molecule has 3 aromatic rings. The van der Waals surface area contributed by atoms with Crippen LogP contribution in [-0.4, -0.2) is 17.5 Å². The van der Waals surface area contributed by atoms with Crippen LogP contribution < -0.4 is 4.74 Å². The van der Waals surface area contributed by atoms with Crippen LogP contribution in [0.25, 0.3) is 10.8 Å². The number of rotatable bonds is 5. The van der Waals surface area contributed by atoms with Crippen LogP contribution in [-0.2, 0) is 6.42 Å². The van der Waals surface area contributed by atoms with Crippen molar-refractivity contribution in [2.45, 2.75) is 6.42 Å². The van der Waals surface area contributed by atoms with Crippen LogP contribution in [0.2, 0.25) is 0 Å². The lowest BCUT2D eigenvalue weighted by Crippen LogP contribution is -2.03. The number of hydrogen-bond acceptors (Lipinski definition) is 4. The average Bonchev–Trinajstić information content (AvgIpc) is 2.61. The molecule has 0 bridgehead atoms. The molecule has 1 heterocycles. The van der Waals surface area contributed by atoms with E-state index in [1.807, 2.05) is 36.4 Å². The molecule has 0 fully saturated rings. The van der Waals surface area contributed by atoms with Crippen molar-refractivity contribution in [3.8, 4) is 5.75 Å². The van der Waals surface area contributed by atoms with Crippen LogP contribution in [0, 0.1) is 4.91 Å². The molecule has 1 aromatic heterocycles. The standard InChI is InChI=1S/C18H14N2O3/c21-18(20-22)17-8-5-13(12-19-17)9-10-23-16-7-6-14-3-1-2-4-15(14)11-16/h1-8,11-12H,9-10H2. The second-order valence-corrected chi connectivity index (χ2v) is 5.06. The molecule has 0 radical (unpaired) electrons. The number of nitrogens with zero attached hydrogens (tertiary/aromatic N) is 2. The molecule has 0 unspecified atom stereocenters. The van der Waals surface area contributed by atoms with Gasteiger partial charge in [-0.3, -0.25) is 9.78 Å². The van der Waals surface area contributed by atoms with E-state index in [1.54, 1.807) is 12.3 Å². The Labute approximate surface area is 132 Å². The van der Waals surface area contributed by atoms with Crippen LogP contribution in [0.3, 0.4) is 0 Å². The lowest BCUT2D eigenvalue weighted by molar-refractivity contribution is 0.0996. The largest absolute Gasteiger partial charge is 0.493 e. The number of aromatic nitrogens is 1. The third-order valence-electron chi connectivity index (χ3n) is 3.51. The van der Waals surface area contributed by atoms with Crippen LogP contribution in [0.5, 0.6) is 5.75 Å². The molecule has 0 spiro atoms. The van der Waals surface area contributed by atoms with Gasteiger partial charge >= 0.3 is 5.91 Å². The molecule has 23 heavy (non-hydrogen) atoms. The number of hydrogen-bond donors (Lipinski definition) is 0. The van der Waals surface area contributed by atoms with Crippen molar-refractivity contribution in [2.24, 2.45) is 5.18 Å². The van der Waals surface area contributed by atoms with Gasteiger partial charge in [-0.05, 0) is 34.5 Å². The van der Waals surface area contributed by atoms with E-state index in [1.165, 1.54) is 11.5 Å². The molecule has 0 aliphatic carbocycles. The Morgan fingerprint density at radius 2 is 1.87 bits per heavy atom. The number of ether oxygens (including phenoxy) is 1. The second-order valence-electron chi connectivity index (χ2n) is 5.06. The number of carbonyl (C=O) groups is 1. The number of nitroso groups, excluding NO2 is 1. The average molecular weight is 306 g/mol. The Morgan fingerprint density at radius 1 is 1.04 bits per heavy atom. The van der Waals surface area contributed by atoms with Gasteiger partial charge in [0.15, 0.2) is 0 Å². The van der Waals surface area contributed by atoms with Crippen molar-refractivity contribution in [1.82, 2.24) is 4.98 Å². The summed E-state index contributed by atoms with van der Waals surface area (Å²) in [5.41, 5.74) is 0.979. The monoisotopic (exact) mass is 306 g/mol. The van der Waals surface area contributed by atoms with Gasteiger partial charge in [-0.1, -0.05) is 36.4 Å². The number of carbonyl (C=O) groups excluding carboxylic acids is 1. The first-order valence-corrected chi connectivity index (χ1v) is 7.20. The molecule has 0 N–H and O–H groups in total. The summed E-state index contributed by atoms with van der Waals surface area (Å²) in [6.07, 6.45) is 2.21. The minimum absolute atomic E-state index is 0.0548. The van der Waals surface area contributed by atoms with E-state index in [9.17, 15) is 9.70 Å². The topological polar surface area (TPSA) is 68.6 Å². The van der Waals surface area contributed by atoms with Gasteiger partial charge < -0.3 is 4.74 Å². The number of pyridine rings is 1. The zero-order chi connectivity index (χ0) is 16.1. The van der Waals surface area contributed by atoms with Crippen molar-refractivity contribution in [1.29, 1.82) is 0 Å². The Bertz CT molecular complexity index is 844. The first-order chi connectivity index (χ1) is 11.3. The fourth-order valence-electron chi connectivity index (χ4n) is 2.29. The van der Waals surface area contributed by atoms with Gasteiger partial charge in [0.25, 0.3) is 0 Å². The molecule has 114 valence electrons. The molecule has 0 saturated heterocycles. The molecule has 0 aliphatic heterocycles. The highest BCUT2D eigenvalue weighted by atomic mass is 16.5. The van der Waals surface area contributed by atoms with Gasteiger partial charge in [0.05, 0.1) is 6.61 Å².